The number of nitrogens with two attached hydrogens (primary N) is 1. The van der Waals surface area contributed by atoms with Crippen molar-refractivity contribution in [3.8, 4) is 0 Å². The first kappa shape index (κ1) is 13.9. The molecule has 0 radical (unpaired) electrons. The van der Waals surface area contributed by atoms with E-state index in [0.29, 0.717) is 13.0 Å². The number of carboxylic acid groups (broad SMARTS) is 1. The van der Waals surface area contributed by atoms with Crippen LogP contribution in [0.2, 0.25) is 0 Å². The average molecular weight is 217 g/mol. The summed E-state index contributed by atoms with van der Waals surface area (Å²) in [6.07, 6.45) is 1.98. The fourth-order valence-electron chi connectivity index (χ4n) is 0.971. The van der Waals surface area contributed by atoms with Crippen LogP contribution < -0.4 is 11.2 Å². The second-order valence-electron chi connectivity index (χ2n) is 3.43. The van der Waals surface area contributed by atoms with Gasteiger partial charge in [-0.2, -0.15) is 0 Å². The Bertz CT molecular complexity index is 199. The van der Waals surface area contributed by atoms with E-state index in [2.05, 4.69) is 5.43 Å². The van der Waals surface area contributed by atoms with Gasteiger partial charge in [0.1, 0.15) is 6.04 Å². The fraction of sp³-hybridized carbons (Fsp3) is 0.778. The van der Waals surface area contributed by atoms with Gasteiger partial charge in [-0.15, -0.1) is 0 Å². The number of hydrogen-bond acceptors (Lipinski definition) is 4. The summed E-state index contributed by atoms with van der Waals surface area (Å²) in [6, 6.07) is -0.782. The highest BCUT2D eigenvalue weighted by Crippen LogP contribution is 1.98. The summed E-state index contributed by atoms with van der Waals surface area (Å²) < 4.78 is 0. The van der Waals surface area contributed by atoms with Gasteiger partial charge in [0, 0.05) is 20.5 Å². The maximum Gasteiger partial charge on any atom is 0.320 e. The second kappa shape index (κ2) is 7.19. The molecular weight excluding hydrogens is 198 g/mol. The SMILES string of the molecule is CC(=O)N(C)NCCCC[C@H](N)C(=O)O. The minimum atomic E-state index is -0.969. The van der Waals surface area contributed by atoms with Gasteiger partial charge in [0.25, 0.3) is 0 Å². The van der Waals surface area contributed by atoms with Crippen molar-refractivity contribution in [2.45, 2.75) is 32.2 Å². The van der Waals surface area contributed by atoms with Crippen molar-refractivity contribution in [3.63, 3.8) is 0 Å². The molecule has 88 valence electrons. The van der Waals surface area contributed by atoms with Crippen molar-refractivity contribution >= 4 is 11.9 Å². The van der Waals surface area contributed by atoms with Crippen LogP contribution in [0.5, 0.6) is 0 Å². The fourth-order valence-corrected chi connectivity index (χ4v) is 0.971. The number of aliphatic carboxylic acids is 1. The van der Waals surface area contributed by atoms with Crippen LogP contribution in [0.3, 0.4) is 0 Å². The largest absolute Gasteiger partial charge is 0.480 e. The van der Waals surface area contributed by atoms with E-state index in [1.165, 1.54) is 11.9 Å². The number of carboxylic acids is 1. The predicted molar refractivity (Wildman–Crippen MR) is 55.9 cm³/mol. The lowest BCUT2D eigenvalue weighted by atomic mass is 10.1. The average Bonchev–Trinajstić information content (AvgIpc) is 2.16. The van der Waals surface area contributed by atoms with E-state index in [9.17, 15) is 9.59 Å². The summed E-state index contributed by atoms with van der Waals surface area (Å²) in [5.41, 5.74) is 8.20. The van der Waals surface area contributed by atoms with E-state index >= 15 is 0 Å². The van der Waals surface area contributed by atoms with Gasteiger partial charge in [-0.1, -0.05) is 0 Å². The quantitative estimate of drug-likeness (QED) is 0.396. The van der Waals surface area contributed by atoms with Crippen LogP contribution in [-0.4, -0.2) is 41.6 Å². The van der Waals surface area contributed by atoms with Gasteiger partial charge in [-0.25, -0.2) is 5.43 Å². The lowest BCUT2D eigenvalue weighted by molar-refractivity contribution is -0.138. The zero-order valence-corrected chi connectivity index (χ0v) is 9.19. The Morgan fingerprint density at radius 2 is 2.07 bits per heavy atom. The normalized spacial score (nSPS) is 12.2. The molecule has 0 spiro atoms. The highest BCUT2D eigenvalue weighted by Gasteiger charge is 2.09. The molecule has 0 heterocycles. The highest BCUT2D eigenvalue weighted by atomic mass is 16.4. The van der Waals surface area contributed by atoms with Crippen molar-refractivity contribution in [2.24, 2.45) is 5.73 Å². The molecular formula is C9H19N3O3. The molecule has 6 heteroatoms. The number of hydrazine groups is 1. The van der Waals surface area contributed by atoms with Gasteiger partial charge in [-0.3, -0.25) is 14.6 Å². The highest BCUT2D eigenvalue weighted by molar-refractivity contribution is 5.73. The van der Waals surface area contributed by atoms with Crippen LogP contribution in [0.4, 0.5) is 0 Å². The Labute approximate surface area is 89.4 Å². The Morgan fingerprint density at radius 3 is 2.53 bits per heavy atom. The Kier molecular flexibility index (Phi) is 6.64. The first-order valence-corrected chi connectivity index (χ1v) is 4.91. The van der Waals surface area contributed by atoms with Crippen molar-refractivity contribution in [2.75, 3.05) is 13.6 Å². The number of carbonyl (C=O) groups excluding carboxylic acids is 1. The first-order valence-electron chi connectivity index (χ1n) is 4.91. The van der Waals surface area contributed by atoms with Crippen LogP contribution in [0.1, 0.15) is 26.2 Å². The molecule has 1 atom stereocenters. The minimum Gasteiger partial charge on any atom is -0.480 e. The number of rotatable bonds is 7. The molecule has 0 saturated carbocycles. The summed E-state index contributed by atoms with van der Waals surface area (Å²) in [4.78, 5) is 21.1. The number of amides is 1. The van der Waals surface area contributed by atoms with Gasteiger partial charge in [0.2, 0.25) is 5.91 Å². The molecule has 0 fully saturated rings. The van der Waals surface area contributed by atoms with Gasteiger partial charge in [0.15, 0.2) is 0 Å². The zero-order chi connectivity index (χ0) is 11.8. The number of unbranched alkanes of at least 4 members (excludes halogenated alkanes) is 1. The molecule has 0 bridgehead atoms. The summed E-state index contributed by atoms with van der Waals surface area (Å²) in [5.74, 6) is -1.03. The zero-order valence-electron chi connectivity index (χ0n) is 9.19. The molecule has 0 aromatic rings. The third kappa shape index (κ3) is 6.87. The molecule has 0 aliphatic heterocycles. The van der Waals surface area contributed by atoms with Gasteiger partial charge < -0.3 is 10.8 Å². The van der Waals surface area contributed by atoms with E-state index in [4.69, 9.17) is 10.8 Å². The topological polar surface area (TPSA) is 95.7 Å². The molecule has 0 unspecified atom stereocenters. The van der Waals surface area contributed by atoms with E-state index in [1.807, 2.05) is 0 Å². The van der Waals surface area contributed by atoms with Crippen molar-refractivity contribution in [1.82, 2.24) is 10.4 Å². The summed E-state index contributed by atoms with van der Waals surface area (Å²) in [7, 11) is 1.64. The molecule has 1 amide bonds. The van der Waals surface area contributed by atoms with Crippen LogP contribution >= 0.6 is 0 Å². The second-order valence-corrected chi connectivity index (χ2v) is 3.43. The van der Waals surface area contributed by atoms with E-state index < -0.39 is 12.0 Å². The molecule has 0 saturated heterocycles. The van der Waals surface area contributed by atoms with Crippen LogP contribution in [0.25, 0.3) is 0 Å². The number of nitrogens with zero attached hydrogens (tertiary/aromatic N) is 1. The Morgan fingerprint density at radius 1 is 1.47 bits per heavy atom. The Hall–Kier alpha value is -1.14. The third-order valence-electron chi connectivity index (χ3n) is 2.08. The van der Waals surface area contributed by atoms with Gasteiger partial charge in [-0.05, 0) is 19.3 Å². The molecule has 4 N–H and O–H groups in total. The minimum absolute atomic E-state index is 0.0581. The summed E-state index contributed by atoms with van der Waals surface area (Å²) >= 11 is 0. The molecule has 15 heavy (non-hydrogen) atoms. The maximum atomic E-state index is 10.8. The number of carbonyl (C=O) groups is 2. The molecule has 6 nitrogen and oxygen atoms in total. The lowest BCUT2D eigenvalue weighted by Crippen LogP contribution is -2.38. The molecule has 0 aromatic heterocycles. The van der Waals surface area contributed by atoms with Crippen LogP contribution in [-0.2, 0) is 9.59 Å². The summed E-state index contributed by atoms with van der Waals surface area (Å²) in [5, 5.41) is 9.91. The monoisotopic (exact) mass is 217 g/mol. The first-order chi connectivity index (χ1) is 6.95. The van der Waals surface area contributed by atoms with Crippen LogP contribution in [0.15, 0.2) is 0 Å². The Balaban J connectivity index is 3.40. The third-order valence-corrected chi connectivity index (χ3v) is 2.08. The van der Waals surface area contributed by atoms with Crippen LogP contribution in [0, 0.1) is 0 Å². The summed E-state index contributed by atoms with van der Waals surface area (Å²) in [6.45, 7) is 2.11. The van der Waals surface area contributed by atoms with E-state index in [-0.39, 0.29) is 5.91 Å². The standard InChI is InChI=1S/C9H19N3O3/c1-7(13)12(2)11-6-4-3-5-8(10)9(14)15/h8,11H,3-6,10H2,1-2H3,(H,14,15)/t8-/m0/s1. The van der Waals surface area contributed by atoms with Crippen molar-refractivity contribution in [3.05, 3.63) is 0 Å². The van der Waals surface area contributed by atoms with E-state index in [0.717, 1.165) is 12.8 Å². The predicted octanol–water partition coefficient (Wildman–Crippen LogP) is -0.448. The number of hydrogen-bond donors (Lipinski definition) is 3. The molecule has 0 aliphatic carbocycles. The van der Waals surface area contributed by atoms with Gasteiger partial charge >= 0.3 is 5.97 Å². The smallest absolute Gasteiger partial charge is 0.320 e. The molecule has 0 aliphatic rings. The van der Waals surface area contributed by atoms with Crippen molar-refractivity contribution in [1.29, 1.82) is 0 Å². The molecule has 0 rings (SSSR count). The van der Waals surface area contributed by atoms with E-state index in [1.54, 1.807) is 7.05 Å². The van der Waals surface area contributed by atoms with Gasteiger partial charge in [0.05, 0.1) is 0 Å². The maximum absolute atomic E-state index is 10.8. The molecule has 0 aromatic carbocycles. The lowest BCUT2D eigenvalue weighted by Gasteiger charge is -2.16. The number of nitrogens with one attached hydrogen (secondary N) is 1. The van der Waals surface area contributed by atoms with Crippen molar-refractivity contribution < 1.29 is 14.7 Å².